The molecule has 1 spiro atoms. The molecule has 1 aromatic carbocycles. The van der Waals surface area contributed by atoms with E-state index in [1.165, 1.54) is 11.1 Å². The van der Waals surface area contributed by atoms with Crippen molar-refractivity contribution < 1.29 is 9.53 Å². The highest BCUT2D eigenvalue weighted by molar-refractivity contribution is 5.82. The molecule has 0 bridgehead atoms. The summed E-state index contributed by atoms with van der Waals surface area (Å²) < 4.78 is 5.10. The van der Waals surface area contributed by atoms with Gasteiger partial charge in [-0.25, -0.2) is 0 Å². The van der Waals surface area contributed by atoms with E-state index >= 15 is 0 Å². The topological polar surface area (TPSA) is 26.3 Å². The molecule has 1 saturated heterocycles. The van der Waals surface area contributed by atoms with Gasteiger partial charge in [0.15, 0.2) is 0 Å². The summed E-state index contributed by atoms with van der Waals surface area (Å²) >= 11 is 0. The third-order valence-electron chi connectivity index (χ3n) is 3.38. The largest absolute Gasteiger partial charge is 0.431 e. The molecule has 1 aliphatic heterocycles. The number of allylic oxidation sites excluding steroid dienone is 1. The second-order valence-electron chi connectivity index (χ2n) is 4.51. The van der Waals surface area contributed by atoms with Gasteiger partial charge in [0.25, 0.3) is 0 Å². The highest BCUT2D eigenvalue weighted by atomic mass is 16.5. The standard InChI is InChI=1S/C13H12O2/c1-9-6-13(12(14)15-9)7-10-4-2-3-5-11(10)8-13/h2-5H,1,6-8H2. The molecule has 0 amide bonds. The zero-order valence-corrected chi connectivity index (χ0v) is 8.45. The zero-order valence-electron chi connectivity index (χ0n) is 8.45. The molecular formula is C13H12O2. The summed E-state index contributed by atoms with van der Waals surface area (Å²) in [5.74, 6) is 0.525. The third kappa shape index (κ3) is 1.14. The number of hydrogen-bond acceptors (Lipinski definition) is 2. The van der Waals surface area contributed by atoms with Gasteiger partial charge in [0.2, 0.25) is 0 Å². The molecule has 0 N–H and O–H groups in total. The normalized spacial score (nSPS) is 21.9. The predicted molar refractivity (Wildman–Crippen MR) is 56.1 cm³/mol. The van der Waals surface area contributed by atoms with Gasteiger partial charge in [0, 0.05) is 6.42 Å². The van der Waals surface area contributed by atoms with Crippen molar-refractivity contribution in [1.29, 1.82) is 0 Å². The Balaban J connectivity index is 2.01. The summed E-state index contributed by atoms with van der Waals surface area (Å²) in [6.07, 6.45) is 2.29. The lowest BCUT2D eigenvalue weighted by molar-refractivity contribution is -0.143. The minimum Gasteiger partial charge on any atom is -0.431 e. The summed E-state index contributed by atoms with van der Waals surface area (Å²) in [5.41, 5.74) is 2.23. The predicted octanol–water partition coefficient (Wildman–Crippen LogP) is 2.23. The van der Waals surface area contributed by atoms with Gasteiger partial charge < -0.3 is 4.74 Å². The van der Waals surface area contributed by atoms with E-state index in [-0.39, 0.29) is 11.4 Å². The summed E-state index contributed by atoms with van der Waals surface area (Å²) in [6.45, 7) is 3.74. The molecule has 2 heteroatoms. The third-order valence-corrected chi connectivity index (χ3v) is 3.38. The van der Waals surface area contributed by atoms with E-state index in [9.17, 15) is 4.79 Å². The molecule has 1 aliphatic carbocycles. The Hall–Kier alpha value is -1.57. The Kier molecular flexibility index (Phi) is 1.58. The highest BCUT2D eigenvalue weighted by Crippen LogP contribution is 2.46. The monoisotopic (exact) mass is 200 g/mol. The lowest BCUT2D eigenvalue weighted by Gasteiger charge is -2.15. The fourth-order valence-electron chi connectivity index (χ4n) is 2.69. The Morgan fingerprint density at radius 3 is 2.20 bits per heavy atom. The molecule has 15 heavy (non-hydrogen) atoms. The van der Waals surface area contributed by atoms with E-state index in [2.05, 4.69) is 18.7 Å². The first-order valence-electron chi connectivity index (χ1n) is 5.16. The van der Waals surface area contributed by atoms with Gasteiger partial charge in [-0.2, -0.15) is 0 Å². The first kappa shape index (κ1) is 8.72. The van der Waals surface area contributed by atoms with Gasteiger partial charge in [0.1, 0.15) is 5.76 Å². The van der Waals surface area contributed by atoms with Crippen molar-refractivity contribution in [2.24, 2.45) is 5.41 Å². The van der Waals surface area contributed by atoms with E-state index in [4.69, 9.17) is 4.74 Å². The quantitative estimate of drug-likeness (QED) is 0.600. The summed E-state index contributed by atoms with van der Waals surface area (Å²) in [4.78, 5) is 11.8. The molecule has 1 heterocycles. The van der Waals surface area contributed by atoms with Crippen molar-refractivity contribution in [3.63, 3.8) is 0 Å². The molecule has 2 nitrogen and oxygen atoms in total. The number of benzene rings is 1. The number of fused-ring (bicyclic) bond motifs is 1. The smallest absolute Gasteiger partial charge is 0.318 e. The number of carbonyl (C=O) groups is 1. The van der Waals surface area contributed by atoms with Crippen LogP contribution in [-0.4, -0.2) is 5.97 Å². The minimum absolute atomic E-state index is 0.0938. The van der Waals surface area contributed by atoms with Crippen LogP contribution in [0.25, 0.3) is 0 Å². The van der Waals surface area contributed by atoms with Crippen molar-refractivity contribution in [1.82, 2.24) is 0 Å². The van der Waals surface area contributed by atoms with Crippen LogP contribution in [0, 0.1) is 5.41 Å². The maximum Gasteiger partial charge on any atom is 0.318 e. The molecule has 1 aromatic rings. The molecule has 0 aromatic heterocycles. The van der Waals surface area contributed by atoms with Crippen LogP contribution in [0.1, 0.15) is 17.5 Å². The van der Waals surface area contributed by atoms with Gasteiger partial charge in [0.05, 0.1) is 5.41 Å². The summed E-state index contributed by atoms with van der Waals surface area (Å²) in [7, 11) is 0. The SMILES string of the molecule is C=C1CC2(Cc3ccccc3C2)C(=O)O1. The van der Waals surface area contributed by atoms with E-state index in [0.717, 1.165) is 12.8 Å². The van der Waals surface area contributed by atoms with Crippen LogP contribution in [-0.2, 0) is 22.4 Å². The Labute approximate surface area is 88.6 Å². The first-order chi connectivity index (χ1) is 7.20. The zero-order chi connectivity index (χ0) is 10.5. The lowest BCUT2D eigenvalue weighted by Crippen LogP contribution is -2.26. The number of ether oxygens (including phenoxy) is 1. The molecule has 1 fully saturated rings. The van der Waals surface area contributed by atoms with E-state index < -0.39 is 0 Å². The van der Waals surface area contributed by atoms with E-state index in [1.807, 2.05) is 12.1 Å². The Morgan fingerprint density at radius 2 is 1.73 bits per heavy atom. The molecule has 76 valence electrons. The highest BCUT2D eigenvalue weighted by Gasteiger charge is 2.50. The molecule has 0 radical (unpaired) electrons. The molecule has 3 rings (SSSR count). The van der Waals surface area contributed by atoms with Crippen LogP contribution in [0.15, 0.2) is 36.6 Å². The number of cyclic esters (lactones) is 1. The van der Waals surface area contributed by atoms with Crippen LogP contribution in [0.3, 0.4) is 0 Å². The van der Waals surface area contributed by atoms with Gasteiger partial charge in [-0.3, -0.25) is 4.79 Å². The number of rotatable bonds is 0. The van der Waals surface area contributed by atoms with E-state index in [0.29, 0.717) is 12.2 Å². The van der Waals surface area contributed by atoms with Crippen molar-refractivity contribution in [2.75, 3.05) is 0 Å². The minimum atomic E-state index is -0.333. The molecule has 0 atom stereocenters. The second-order valence-corrected chi connectivity index (χ2v) is 4.51. The average Bonchev–Trinajstić information content (AvgIpc) is 2.67. The second kappa shape index (κ2) is 2.72. The fraction of sp³-hybridized carbons (Fsp3) is 0.308. The number of carbonyl (C=O) groups excluding carboxylic acids is 1. The van der Waals surface area contributed by atoms with E-state index in [1.54, 1.807) is 0 Å². The molecular weight excluding hydrogens is 188 g/mol. The van der Waals surface area contributed by atoms with Gasteiger partial charge in [-0.05, 0) is 24.0 Å². The van der Waals surface area contributed by atoms with Crippen LogP contribution in [0.4, 0.5) is 0 Å². The summed E-state index contributed by atoms with van der Waals surface area (Å²) in [5, 5.41) is 0. The van der Waals surface area contributed by atoms with Crippen molar-refractivity contribution in [3.8, 4) is 0 Å². The van der Waals surface area contributed by atoms with Crippen molar-refractivity contribution >= 4 is 5.97 Å². The van der Waals surface area contributed by atoms with Crippen LogP contribution in [0.5, 0.6) is 0 Å². The Bertz CT molecular complexity index is 434. The molecule has 0 saturated carbocycles. The fourth-order valence-corrected chi connectivity index (χ4v) is 2.69. The number of hydrogen-bond donors (Lipinski definition) is 0. The van der Waals surface area contributed by atoms with Gasteiger partial charge in [-0.1, -0.05) is 30.8 Å². The summed E-state index contributed by atoms with van der Waals surface area (Å²) in [6, 6.07) is 8.23. The van der Waals surface area contributed by atoms with Crippen molar-refractivity contribution in [2.45, 2.75) is 19.3 Å². The Morgan fingerprint density at radius 1 is 1.13 bits per heavy atom. The van der Waals surface area contributed by atoms with Crippen LogP contribution >= 0.6 is 0 Å². The van der Waals surface area contributed by atoms with Crippen LogP contribution < -0.4 is 0 Å². The van der Waals surface area contributed by atoms with Crippen LogP contribution in [0.2, 0.25) is 0 Å². The average molecular weight is 200 g/mol. The maximum absolute atomic E-state index is 11.8. The molecule has 0 unspecified atom stereocenters. The lowest BCUT2D eigenvalue weighted by atomic mass is 9.83. The maximum atomic E-state index is 11.8. The van der Waals surface area contributed by atoms with Gasteiger partial charge in [-0.15, -0.1) is 0 Å². The van der Waals surface area contributed by atoms with Gasteiger partial charge >= 0.3 is 5.97 Å². The van der Waals surface area contributed by atoms with Crippen molar-refractivity contribution in [3.05, 3.63) is 47.7 Å². The molecule has 2 aliphatic rings. The first-order valence-corrected chi connectivity index (χ1v) is 5.16. The number of esters is 1.